The van der Waals surface area contributed by atoms with E-state index < -0.39 is 5.60 Å². The molecule has 9 heteroatoms. The number of carbonyl (C=O) groups is 1. The van der Waals surface area contributed by atoms with Crippen molar-refractivity contribution in [2.75, 3.05) is 26.7 Å². The van der Waals surface area contributed by atoms with Crippen LogP contribution in [0.1, 0.15) is 43.5 Å². The van der Waals surface area contributed by atoms with Crippen molar-refractivity contribution >= 4 is 23.4 Å². The summed E-state index contributed by atoms with van der Waals surface area (Å²) in [7, 11) is 1.75. The zero-order valence-electron chi connectivity index (χ0n) is 19.1. The highest BCUT2D eigenvalue weighted by Gasteiger charge is 2.22. The van der Waals surface area contributed by atoms with Crippen LogP contribution in [0.2, 0.25) is 0 Å². The van der Waals surface area contributed by atoms with Gasteiger partial charge in [-0.15, -0.1) is 11.3 Å². The molecule has 0 fully saturated rings. The Balaban J connectivity index is 1.79. The second-order valence-electron chi connectivity index (χ2n) is 8.15. The zero-order valence-corrected chi connectivity index (χ0v) is 20.0. The topological polar surface area (TPSA) is 91.7 Å². The number of carbonyl (C=O) groups excluding carboxylic acids is 1. The fourth-order valence-electron chi connectivity index (χ4n) is 2.80. The van der Waals surface area contributed by atoms with Crippen LogP contribution in [-0.2, 0) is 17.7 Å². The molecule has 0 spiro atoms. The van der Waals surface area contributed by atoms with Crippen LogP contribution >= 0.6 is 11.3 Å². The number of thiazole rings is 1. The molecule has 2 rings (SSSR count). The van der Waals surface area contributed by atoms with E-state index in [4.69, 9.17) is 4.74 Å². The summed E-state index contributed by atoms with van der Waals surface area (Å²) in [5, 5.41) is 9.76. The SMILES string of the molecule is CN=C(NCCCN(Cc1cccnc1)C(=O)OC(C)(C)C)NCCc1csc(C)n1. The smallest absolute Gasteiger partial charge is 0.410 e. The molecule has 0 aliphatic heterocycles. The van der Waals surface area contributed by atoms with Gasteiger partial charge >= 0.3 is 6.09 Å². The summed E-state index contributed by atoms with van der Waals surface area (Å²) in [6.45, 7) is 10.1. The van der Waals surface area contributed by atoms with Crippen LogP contribution in [0.5, 0.6) is 0 Å². The Bertz CT molecular complexity index is 832. The lowest BCUT2D eigenvalue weighted by Gasteiger charge is -2.27. The molecule has 0 aliphatic rings. The number of hydrogen-bond acceptors (Lipinski definition) is 6. The number of hydrogen-bond donors (Lipinski definition) is 2. The van der Waals surface area contributed by atoms with Crippen LogP contribution in [0.15, 0.2) is 34.9 Å². The van der Waals surface area contributed by atoms with Gasteiger partial charge in [0.05, 0.1) is 17.2 Å². The van der Waals surface area contributed by atoms with Crippen molar-refractivity contribution in [3.05, 3.63) is 46.2 Å². The van der Waals surface area contributed by atoms with Gasteiger partial charge in [-0.2, -0.15) is 0 Å². The third-order valence-electron chi connectivity index (χ3n) is 4.21. The highest BCUT2D eigenvalue weighted by atomic mass is 32.1. The molecule has 2 N–H and O–H groups in total. The zero-order chi connectivity index (χ0) is 22.7. The Morgan fingerprint density at radius 1 is 1.29 bits per heavy atom. The van der Waals surface area contributed by atoms with Gasteiger partial charge in [-0.1, -0.05) is 6.07 Å². The van der Waals surface area contributed by atoms with Crippen LogP contribution in [0, 0.1) is 6.92 Å². The van der Waals surface area contributed by atoms with Gasteiger partial charge in [0.15, 0.2) is 5.96 Å². The fourth-order valence-corrected chi connectivity index (χ4v) is 3.45. The van der Waals surface area contributed by atoms with Crippen molar-refractivity contribution in [3.8, 4) is 0 Å². The standard InChI is InChI=1S/C22H34N6O2S/c1-17-27-19(16-31-17)9-12-26-20(23-5)25-11-7-13-28(21(29)30-22(2,3)4)15-18-8-6-10-24-14-18/h6,8,10,14,16H,7,9,11-13,15H2,1-5H3,(H2,23,25,26). The lowest BCUT2D eigenvalue weighted by Crippen LogP contribution is -2.41. The maximum absolute atomic E-state index is 12.6. The molecule has 0 radical (unpaired) electrons. The number of aromatic nitrogens is 2. The summed E-state index contributed by atoms with van der Waals surface area (Å²) in [4.78, 5) is 27.2. The minimum absolute atomic E-state index is 0.322. The fraction of sp³-hybridized carbons (Fsp3) is 0.545. The third-order valence-corrected chi connectivity index (χ3v) is 5.03. The number of pyridine rings is 1. The van der Waals surface area contributed by atoms with Gasteiger partial charge in [0.2, 0.25) is 0 Å². The quantitative estimate of drug-likeness (QED) is 0.349. The van der Waals surface area contributed by atoms with Gasteiger partial charge in [-0.05, 0) is 45.7 Å². The summed E-state index contributed by atoms with van der Waals surface area (Å²) >= 11 is 1.66. The van der Waals surface area contributed by atoms with Gasteiger partial charge in [0.25, 0.3) is 0 Å². The van der Waals surface area contributed by atoms with E-state index in [1.807, 2.05) is 39.8 Å². The monoisotopic (exact) mass is 446 g/mol. The first-order chi connectivity index (χ1) is 14.8. The van der Waals surface area contributed by atoms with E-state index in [1.54, 1.807) is 35.7 Å². The molecule has 170 valence electrons. The molecule has 0 aromatic carbocycles. The Kier molecular flexibility index (Phi) is 9.71. The van der Waals surface area contributed by atoms with Crippen molar-refractivity contribution < 1.29 is 9.53 Å². The highest BCUT2D eigenvalue weighted by molar-refractivity contribution is 7.09. The highest BCUT2D eigenvalue weighted by Crippen LogP contribution is 2.13. The van der Waals surface area contributed by atoms with Gasteiger partial charge < -0.3 is 20.3 Å². The normalized spacial score (nSPS) is 11.8. The number of guanidine groups is 1. The number of nitrogens with zero attached hydrogens (tertiary/aromatic N) is 4. The predicted molar refractivity (Wildman–Crippen MR) is 125 cm³/mol. The lowest BCUT2D eigenvalue weighted by molar-refractivity contribution is 0.0232. The Hall–Kier alpha value is -2.68. The molecule has 0 saturated heterocycles. The molecule has 0 saturated carbocycles. The summed E-state index contributed by atoms with van der Waals surface area (Å²) in [5.74, 6) is 0.739. The first kappa shape index (κ1) is 24.6. The minimum Gasteiger partial charge on any atom is -0.444 e. The van der Waals surface area contributed by atoms with E-state index in [2.05, 4.69) is 31.0 Å². The first-order valence-electron chi connectivity index (χ1n) is 10.5. The number of aliphatic imine (C=N–C) groups is 1. The number of ether oxygens (including phenoxy) is 1. The van der Waals surface area contributed by atoms with Crippen LogP contribution in [0.4, 0.5) is 4.79 Å². The summed E-state index contributed by atoms with van der Waals surface area (Å²) in [6.07, 6.45) is 4.77. The van der Waals surface area contributed by atoms with Crippen LogP contribution in [0.25, 0.3) is 0 Å². The Labute approximate surface area is 189 Å². The summed E-state index contributed by atoms with van der Waals surface area (Å²) in [5.41, 5.74) is 1.52. The maximum Gasteiger partial charge on any atom is 0.410 e. The molecule has 0 aliphatic carbocycles. The van der Waals surface area contributed by atoms with E-state index in [0.29, 0.717) is 19.6 Å². The average Bonchev–Trinajstić information content (AvgIpc) is 3.13. The lowest BCUT2D eigenvalue weighted by atomic mass is 10.2. The molecule has 0 unspecified atom stereocenters. The van der Waals surface area contributed by atoms with E-state index >= 15 is 0 Å². The van der Waals surface area contributed by atoms with Crippen LogP contribution in [-0.4, -0.2) is 59.2 Å². The van der Waals surface area contributed by atoms with Gasteiger partial charge in [-0.25, -0.2) is 9.78 Å². The van der Waals surface area contributed by atoms with Crippen LogP contribution in [0.3, 0.4) is 0 Å². The van der Waals surface area contributed by atoms with E-state index in [9.17, 15) is 4.79 Å². The van der Waals surface area contributed by atoms with E-state index in [1.165, 1.54) is 0 Å². The average molecular weight is 447 g/mol. The van der Waals surface area contributed by atoms with Crippen molar-refractivity contribution in [2.24, 2.45) is 4.99 Å². The molecule has 1 amide bonds. The van der Waals surface area contributed by atoms with Crippen molar-refractivity contribution in [1.82, 2.24) is 25.5 Å². The van der Waals surface area contributed by atoms with Gasteiger partial charge in [-0.3, -0.25) is 9.98 Å². The number of nitrogens with one attached hydrogen (secondary N) is 2. The third kappa shape index (κ3) is 9.78. The summed E-state index contributed by atoms with van der Waals surface area (Å²) < 4.78 is 5.57. The largest absolute Gasteiger partial charge is 0.444 e. The molecular formula is C22H34N6O2S. The molecule has 0 atom stereocenters. The molecular weight excluding hydrogens is 412 g/mol. The Morgan fingerprint density at radius 2 is 2.06 bits per heavy atom. The van der Waals surface area contributed by atoms with Crippen molar-refractivity contribution in [2.45, 2.75) is 52.7 Å². The van der Waals surface area contributed by atoms with Crippen molar-refractivity contribution in [1.29, 1.82) is 0 Å². The Morgan fingerprint density at radius 3 is 2.68 bits per heavy atom. The maximum atomic E-state index is 12.6. The molecule has 8 nitrogen and oxygen atoms in total. The number of aryl methyl sites for hydroxylation is 1. The second kappa shape index (κ2) is 12.2. The molecule has 2 heterocycles. The molecule has 2 aromatic heterocycles. The van der Waals surface area contributed by atoms with Gasteiger partial charge in [0.1, 0.15) is 5.60 Å². The minimum atomic E-state index is -0.537. The first-order valence-corrected chi connectivity index (χ1v) is 11.4. The molecule has 31 heavy (non-hydrogen) atoms. The van der Waals surface area contributed by atoms with E-state index in [-0.39, 0.29) is 6.09 Å². The summed E-state index contributed by atoms with van der Waals surface area (Å²) in [6, 6.07) is 3.82. The number of rotatable bonds is 9. The van der Waals surface area contributed by atoms with Gasteiger partial charge in [0, 0.05) is 50.9 Å². The van der Waals surface area contributed by atoms with Crippen molar-refractivity contribution in [3.63, 3.8) is 0 Å². The predicted octanol–water partition coefficient (Wildman–Crippen LogP) is 3.38. The second-order valence-corrected chi connectivity index (χ2v) is 9.21. The number of amides is 1. The molecule has 2 aromatic rings. The van der Waals surface area contributed by atoms with Crippen LogP contribution < -0.4 is 10.6 Å². The van der Waals surface area contributed by atoms with E-state index in [0.717, 1.165) is 41.6 Å². The molecule has 0 bridgehead atoms.